The Morgan fingerprint density at radius 1 is 1.04 bits per heavy atom. The van der Waals surface area contributed by atoms with Crippen molar-refractivity contribution >= 4 is 38.3 Å². The molecule has 0 fully saturated rings. The number of rotatable bonds is 6. The summed E-state index contributed by atoms with van der Waals surface area (Å²) < 4.78 is 28.6. The summed E-state index contributed by atoms with van der Waals surface area (Å²) >= 11 is 5.81. The standard InChI is InChI=1S/C19H17ClN2O4S/c20-17-8-6-15(12-18(17)27(21,24)25)19(23)22-9-10-26-16-7-5-13-3-1-2-4-14(13)11-16/h1-8,11-12H,9-10H2,(H,22,23)(H2,21,24,25). The maximum Gasteiger partial charge on any atom is 0.251 e. The van der Waals surface area contributed by atoms with E-state index in [1.807, 2.05) is 42.5 Å². The highest BCUT2D eigenvalue weighted by Gasteiger charge is 2.16. The summed E-state index contributed by atoms with van der Waals surface area (Å²) in [7, 11) is -4.01. The maximum atomic E-state index is 12.2. The van der Waals surface area contributed by atoms with Crippen LogP contribution in [0.5, 0.6) is 5.75 Å². The molecule has 27 heavy (non-hydrogen) atoms. The number of halogens is 1. The second-order valence-corrected chi connectivity index (χ2v) is 7.74. The summed E-state index contributed by atoms with van der Waals surface area (Å²) in [6.45, 7) is 0.513. The number of ether oxygens (including phenoxy) is 1. The second kappa shape index (κ2) is 7.96. The molecule has 3 aromatic carbocycles. The van der Waals surface area contributed by atoms with E-state index in [1.54, 1.807) is 0 Å². The first-order chi connectivity index (χ1) is 12.8. The van der Waals surface area contributed by atoms with Crippen LogP contribution in [0.4, 0.5) is 0 Å². The largest absolute Gasteiger partial charge is 0.492 e. The molecule has 3 rings (SSSR count). The Balaban J connectivity index is 1.58. The van der Waals surface area contributed by atoms with Gasteiger partial charge in [0, 0.05) is 5.56 Å². The maximum absolute atomic E-state index is 12.2. The Labute approximate surface area is 161 Å². The van der Waals surface area contributed by atoms with Crippen molar-refractivity contribution in [3.05, 3.63) is 71.2 Å². The van der Waals surface area contributed by atoms with Gasteiger partial charge < -0.3 is 10.1 Å². The SMILES string of the molecule is NS(=O)(=O)c1cc(C(=O)NCCOc2ccc3ccccc3c2)ccc1Cl. The first-order valence-corrected chi connectivity index (χ1v) is 9.99. The summed E-state index contributed by atoms with van der Waals surface area (Å²) in [5.41, 5.74) is 0.147. The highest BCUT2D eigenvalue weighted by Crippen LogP contribution is 2.22. The molecule has 0 aliphatic carbocycles. The van der Waals surface area contributed by atoms with Gasteiger partial charge in [0.25, 0.3) is 5.91 Å². The molecule has 0 bridgehead atoms. The fraction of sp³-hybridized carbons (Fsp3) is 0.105. The van der Waals surface area contributed by atoms with Crippen LogP contribution in [0, 0.1) is 0 Å². The van der Waals surface area contributed by atoms with Gasteiger partial charge in [-0.25, -0.2) is 13.6 Å². The van der Waals surface area contributed by atoms with Crippen molar-refractivity contribution in [2.24, 2.45) is 5.14 Å². The summed E-state index contributed by atoms with van der Waals surface area (Å²) in [6.07, 6.45) is 0. The van der Waals surface area contributed by atoms with E-state index < -0.39 is 15.9 Å². The van der Waals surface area contributed by atoms with Crippen molar-refractivity contribution in [3.63, 3.8) is 0 Å². The lowest BCUT2D eigenvalue weighted by Gasteiger charge is -2.10. The molecule has 0 heterocycles. The Hall–Kier alpha value is -2.61. The average Bonchev–Trinajstić information content (AvgIpc) is 2.64. The van der Waals surface area contributed by atoms with Crippen molar-refractivity contribution in [1.82, 2.24) is 5.32 Å². The van der Waals surface area contributed by atoms with Crippen LogP contribution >= 0.6 is 11.6 Å². The topological polar surface area (TPSA) is 98.5 Å². The van der Waals surface area contributed by atoms with Crippen molar-refractivity contribution in [2.75, 3.05) is 13.2 Å². The summed E-state index contributed by atoms with van der Waals surface area (Å²) in [5.74, 6) is 0.254. The predicted molar refractivity (Wildman–Crippen MR) is 105 cm³/mol. The molecule has 6 nitrogen and oxygen atoms in total. The van der Waals surface area contributed by atoms with Crippen molar-refractivity contribution in [1.29, 1.82) is 0 Å². The minimum atomic E-state index is -4.01. The average molecular weight is 405 g/mol. The second-order valence-electron chi connectivity index (χ2n) is 5.80. The number of nitrogens with one attached hydrogen (secondary N) is 1. The highest BCUT2D eigenvalue weighted by atomic mass is 35.5. The number of carbonyl (C=O) groups is 1. The number of amides is 1. The Kier molecular flexibility index (Phi) is 5.65. The zero-order chi connectivity index (χ0) is 19.4. The first kappa shape index (κ1) is 19.2. The number of sulfonamides is 1. The van der Waals surface area contributed by atoms with Gasteiger partial charge in [0.1, 0.15) is 17.3 Å². The first-order valence-electron chi connectivity index (χ1n) is 8.07. The molecule has 0 aliphatic heterocycles. The normalized spacial score (nSPS) is 11.3. The highest BCUT2D eigenvalue weighted by molar-refractivity contribution is 7.89. The fourth-order valence-corrected chi connectivity index (χ4v) is 3.63. The molecule has 0 spiro atoms. The zero-order valence-electron chi connectivity index (χ0n) is 14.2. The van der Waals surface area contributed by atoms with Gasteiger partial charge in [0.15, 0.2) is 0 Å². The molecule has 140 valence electrons. The number of nitrogens with two attached hydrogens (primary N) is 1. The lowest BCUT2D eigenvalue weighted by Crippen LogP contribution is -2.28. The van der Waals surface area contributed by atoms with Crippen LogP contribution in [0.1, 0.15) is 10.4 Å². The van der Waals surface area contributed by atoms with Crippen LogP contribution < -0.4 is 15.2 Å². The molecular weight excluding hydrogens is 388 g/mol. The number of carbonyl (C=O) groups excluding carboxylic acids is 1. The van der Waals surface area contributed by atoms with Crippen LogP contribution in [0.25, 0.3) is 10.8 Å². The lowest BCUT2D eigenvalue weighted by molar-refractivity contribution is 0.0947. The van der Waals surface area contributed by atoms with Crippen molar-refractivity contribution in [3.8, 4) is 5.75 Å². The van der Waals surface area contributed by atoms with E-state index in [4.69, 9.17) is 21.5 Å². The molecule has 0 saturated heterocycles. The molecule has 3 N–H and O–H groups in total. The molecule has 3 aromatic rings. The molecule has 0 aromatic heterocycles. The van der Waals surface area contributed by atoms with Gasteiger partial charge in [-0.1, -0.05) is 41.9 Å². The zero-order valence-corrected chi connectivity index (χ0v) is 15.8. The molecular formula is C19H17ClN2O4S. The van der Waals surface area contributed by atoms with E-state index in [0.717, 1.165) is 16.8 Å². The van der Waals surface area contributed by atoms with Gasteiger partial charge >= 0.3 is 0 Å². The lowest BCUT2D eigenvalue weighted by atomic mass is 10.1. The van der Waals surface area contributed by atoms with Gasteiger partial charge in [-0.3, -0.25) is 4.79 Å². The van der Waals surface area contributed by atoms with E-state index in [1.165, 1.54) is 12.1 Å². The molecule has 0 unspecified atom stereocenters. The van der Waals surface area contributed by atoms with Crippen molar-refractivity contribution in [2.45, 2.75) is 4.90 Å². The third-order valence-corrected chi connectivity index (χ3v) is 5.27. The third kappa shape index (κ3) is 4.77. The van der Waals surface area contributed by atoms with Gasteiger partial charge in [-0.05, 0) is 41.1 Å². The van der Waals surface area contributed by atoms with E-state index in [2.05, 4.69) is 5.32 Å². The van der Waals surface area contributed by atoms with E-state index in [-0.39, 0.29) is 28.6 Å². The fourth-order valence-electron chi connectivity index (χ4n) is 2.56. The Morgan fingerprint density at radius 2 is 1.78 bits per heavy atom. The summed E-state index contributed by atoms with van der Waals surface area (Å²) in [4.78, 5) is 11.9. The number of hydrogen-bond donors (Lipinski definition) is 2. The summed E-state index contributed by atoms with van der Waals surface area (Å²) in [5, 5.41) is 9.90. The van der Waals surface area contributed by atoms with Gasteiger partial charge in [-0.2, -0.15) is 0 Å². The smallest absolute Gasteiger partial charge is 0.251 e. The Bertz CT molecular complexity index is 1100. The third-order valence-electron chi connectivity index (χ3n) is 3.88. The van der Waals surface area contributed by atoms with Crippen LogP contribution in [-0.2, 0) is 10.0 Å². The number of benzene rings is 3. The molecule has 0 aliphatic rings. The van der Waals surface area contributed by atoms with Crippen LogP contribution in [-0.4, -0.2) is 27.5 Å². The van der Waals surface area contributed by atoms with E-state index in [9.17, 15) is 13.2 Å². The monoisotopic (exact) mass is 404 g/mol. The molecule has 8 heteroatoms. The minimum absolute atomic E-state index is 0.0336. The van der Waals surface area contributed by atoms with E-state index in [0.29, 0.717) is 5.75 Å². The van der Waals surface area contributed by atoms with Gasteiger partial charge in [0.05, 0.1) is 11.6 Å². The summed E-state index contributed by atoms with van der Waals surface area (Å²) in [6, 6.07) is 17.6. The Morgan fingerprint density at radius 3 is 2.52 bits per heavy atom. The minimum Gasteiger partial charge on any atom is -0.492 e. The molecule has 0 saturated carbocycles. The number of fused-ring (bicyclic) bond motifs is 1. The number of hydrogen-bond acceptors (Lipinski definition) is 4. The number of primary sulfonamides is 1. The predicted octanol–water partition coefficient (Wildman–Crippen LogP) is 2.95. The molecule has 0 atom stereocenters. The van der Waals surface area contributed by atoms with Gasteiger partial charge in [0.2, 0.25) is 10.0 Å². The van der Waals surface area contributed by atoms with Crippen molar-refractivity contribution < 1.29 is 17.9 Å². The van der Waals surface area contributed by atoms with Crippen LogP contribution in [0.2, 0.25) is 5.02 Å². The van der Waals surface area contributed by atoms with E-state index >= 15 is 0 Å². The van der Waals surface area contributed by atoms with Crippen LogP contribution in [0.15, 0.2) is 65.6 Å². The van der Waals surface area contributed by atoms with Crippen LogP contribution in [0.3, 0.4) is 0 Å². The quantitative estimate of drug-likeness (QED) is 0.617. The van der Waals surface area contributed by atoms with Gasteiger partial charge in [-0.15, -0.1) is 0 Å². The molecule has 0 radical (unpaired) electrons. The molecule has 1 amide bonds.